The molecule has 0 unspecified atom stereocenters. The van der Waals surface area contributed by atoms with E-state index in [-0.39, 0.29) is 6.61 Å². The Morgan fingerprint density at radius 1 is 0.871 bits per heavy atom. The molecule has 3 aromatic carbocycles. The van der Waals surface area contributed by atoms with Crippen molar-refractivity contribution in [1.29, 1.82) is 0 Å². The van der Waals surface area contributed by atoms with Crippen molar-refractivity contribution in [3.05, 3.63) is 78.6 Å². The average Bonchev–Trinajstić information content (AvgIpc) is 3.20. The molecule has 0 fully saturated rings. The first-order valence-electron chi connectivity index (χ1n) is 10.6. The second-order valence-corrected chi connectivity index (χ2v) is 7.47. The number of esters is 1. The maximum absolute atomic E-state index is 11.2. The van der Waals surface area contributed by atoms with Gasteiger partial charge in [0.05, 0.1) is 7.11 Å². The highest BCUT2D eigenvalue weighted by molar-refractivity contribution is 5.96. The Hall–Kier alpha value is -3.53. The zero-order chi connectivity index (χ0) is 21.6. The van der Waals surface area contributed by atoms with Crippen LogP contribution in [0.4, 0.5) is 0 Å². The summed E-state index contributed by atoms with van der Waals surface area (Å²) in [6.07, 6.45) is 3.18. The number of furan rings is 1. The van der Waals surface area contributed by atoms with Crippen LogP contribution < -0.4 is 4.74 Å². The number of carbonyl (C=O) groups is 1. The molecule has 0 bridgehead atoms. The fourth-order valence-corrected chi connectivity index (χ4v) is 3.70. The van der Waals surface area contributed by atoms with Gasteiger partial charge in [-0.25, -0.2) is 4.79 Å². The van der Waals surface area contributed by atoms with Gasteiger partial charge in [-0.15, -0.1) is 0 Å². The molecule has 0 saturated heterocycles. The maximum atomic E-state index is 11.2. The largest absolute Gasteiger partial charge is 0.482 e. The topological polar surface area (TPSA) is 48.7 Å². The van der Waals surface area contributed by atoms with E-state index in [0.717, 1.165) is 52.7 Å². The van der Waals surface area contributed by atoms with E-state index in [4.69, 9.17) is 9.15 Å². The average molecular weight is 415 g/mol. The van der Waals surface area contributed by atoms with Gasteiger partial charge in [0.2, 0.25) is 0 Å². The van der Waals surface area contributed by atoms with Crippen LogP contribution in [-0.4, -0.2) is 19.7 Å². The molecule has 1 heterocycles. The van der Waals surface area contributed by atoms with Gasteiger partial charge in [0.25, 0.3) is 0 Å². The first kappa shape index (κ1) is 20.7. The number of fused-ring (bicyclic) bond motifs is 1. The van der Waals surface area contributed by atoms with Crippen LogP contribution in [0.5, 0.6) is 5.75 Å². The molecule has 0 aliphatic carbocycles. The minimum Gasteiger partial charge on any atom is -0.482 e. The first-order valence-corrected chi connectivity index (χ1v) is 10.6. The zero-order valence-corrected chi connectivity index (χ0v) is 17.9. The summed E-state index contributed by atoms with van der Waals surface area (Å²) < 4.78 is 16.2. The quantitative estimate of drug-likeness (QED) is 0.302. The van der Waals surface area contributed by atoms with Crippen LogP contribution in [0.25, 0.3) is 33.2 Å². The van der Waals surface area contributed by atoms with E-state index in [9.17, 15) is 4.79 Å². The maximum Gasteiger partial charge on any atom is 0.343 e. The molecule has 4 heteroatoms. The van der Waals surface area contributed by atoms with Gasteiger partial charge in [0.15, 0.2) is 6.61 Å². The Labute approximate surface area is 182 Å². The summed E-state index contributed by atoms with van der Waals surface area (Å²) in [5.74, 6) is 1.30. The first-order chi connectivity index (χ1) is 15.2. The summed E-state index contributed by atoms with van der Waals surface area (Å²) >= 11 is 0. The summed E-state index contributed by atoms with van der Waals surface area (Å²) in [6.45, 7) is 2.10. The highest BCUT2D eigenvalue weighted by Crippen LogP contribution is 2.36. The number of benzene rings is 3. The molecule has 158 valence electrons. The number of hydrogen-bond donors (Lipinski definition) is 0. The van der Waals surface area contributed by atoms with E-state index in [1.807, 2.05) is 36.4 Å². The molecule has 0 aliphatic heterocycles. The Morgan fingerprint density at radius 2 is 1.52 bits per heavy atom. The molecule has 1 aromatic heterocycles. The van der Waals surface area contributed by atoms with Crippen molar-refractivity contribution in [3.63, 3.8) is 0 Å². The number of aryl methyl sites for hydroxylation is 1. The number of carbonyl (C=O) groups excluding carboxylic acids is 1. The molecular weight excluding hydrogens is 388 g/mol. The molecule has 0 spiro atoms. The summed E-state index contributed by atoms with van der Waals surface area (Å²) in [5.41, 5.74) is 5.50. The molecule has 0 atom stereocenters. The van der Waals surface area contributed by atoms with Crippen molar-refractivity contribution in [2.75, 3.05) is 13.7 Å². The number of para-hydroxylation sites is 1. The van der Waals surface area contributed by atoms with Crippen molar-refractivity contribution in [2.24, 2.45) is 0 Å². The number of ether oxygens (including phenoxy) is 2. The van der Waals surface area contributed by atoms with E-state index in [1.165, 1.54) is 12.7 Å². The molecule has 31 heavy (non-hydrogen) atoms. The van der Waals surface area contributed by atoms with E-state index >= 15 is 0 Å². The summed E-state index contributed by atoms with van der Waals surface area (Å²) in [5, 5.41) is 1.16. The van der Waals surface area contributed by atoms with Crippen molar-refractivity contribution in [2.45, 2.75) is 26.2 Å². The lowest BCUT2D eigenvalue weighted by molar-refractivity contribution is -0.142. The van der Waals surface area contributed by atoms with Crippen LogP contribution in [0.3, 0.4) is 0 Å². The number of hydrogen-bond acceptors (Lipinski definition) is 4. The fraction of sp³-hybridized carbons (Fsp3) is 0.222. The molecular formula is C27H26O4. The van der Waals surface area contributed by atoms with Gasteiger partial charge in [-0.2, -0.15) is 0 Å². The minimum absolute atomic E-state index is 0.0937. The Kier molecular flexibility index (Phi) is 6.37. The molecule has 4 aromatic rings. The van der Waals surface area contributed by atoms with Crippen molar-refractivity contribution < 1.29 is 18.7 Å². The molecule has 0 N–H and O–H groups in total. The van der Waals surface area contributed by atoms with Gasteiger partial charge in [-0.3, -0.25) is 0 Å². The Balaban J connectivity index is 1.58. The Morgan fingerprint density at radius 3 is 2.19 bits per heavy atom. The van der Waals surface area contributed by atoms with Crippen molar-refractivity contribution in [1.82, 2.24) is 0 Å². The van der Waals surface area contributed by atoms with Crippen LogP contribution in [0.15, 0.2) is 77.2 Å². The van der Waals surface area contributed by atoms with Gasteiger partial charge < -0.3 is 13.9 Å². The smallest absolute Gasteiger partial charge is 0.343 e. The molecule has 0 radical (unpaired) electrons. The lowest BCUT2D eigenvalue weighted by Crippen LogP contribution is -2.12. The van der Waals surface area contributed by atoms with Gasteiger partial charge in [0, 0.05) is 17.4 Å². The predicted molar refractivity (Wildman–Crippen MR) is 123 cm³/mol. The van der Waals surface area contributed by atoms with Gasteiger partial charge in [0.1, 0.15) is 17.1 Å². The third-order valence-electron chi connectivity index (χ3n) is 5.37. The zero-order valence-electron chi connectivity index (χ0n) is 17.9. The monoisotopic (exact) mass is 414 g/mol. The standard InChI is InChI=1S/C27H26O4/c1-3-4-8-25-27(23-7-5-6-9-24(23)31-25)21-12-10-19(11-13-21)20-14-16-22(17-15-20)30-18-26(28)29-2/h5-7,9-17H,3-4,8,18H2,1-2H3. The van der Waals surface area contributed by atoms with Crippen LogP contribution >= 0.6 is 0 Å². The second kappa shape index (κ2) is 9.52. The molecule has 4 nitrogen and oxygen atoms in total. The third-order valence-corrected chi connectivity index (χ3v) is 5.37. The van der Waals surface area contributed by atoms with Crippen LogP contribution in [-0.2, 0) is 16.0 Å². The fourth-order valence-electron chi connectivity index (χ4n) is 3.70. The minimum atomic E-state index is -0.398. The van der Waals surface area contributed by atoms with E-state index in [0.29, 0.717) is 5.75 Å². The van der Waals surface area contributed by atoms with Crippen molar-refractivity contribution >= 4 is 16.9 Å². The van der Waals surface area contributed by atoms with E-state index < -0.39 is 5.97 Å². The molecule has 0 aliphatic rings. The second-order valence-electron chi connectivity index (χ2n) is 7.47. The van der Waals surface area contributed by atoms with Gasteiger partial charge >= 0.3 is 5.97 Å². The molecule has 0 saturated carbocycles. The summed E-state index contributed by atoms with van der Waals surface area (Å²) in [6, 6.07) is 24.5. The molecule has 4 rings (SSSR count). The van der Waals surface area contributed by atoms with Crippen LogP contribution in [0.2, 0.25) is 0 Å². The highest BCUT2D eigenvalue weighted by atomic mass is 16.6. The lowest BCUT2D eigenvalue weighted by Gasteiger charge is -2.08. The van der Waals surface area contributed by atoms with Crippen LogP contribution in [0.1, 0.15) is 25.5 Å². The van der Waals surface area contributed by atoms with E-state index in [1.54, 1.807) is 0 Å². The van der Waals surface area contributed by atoms with Gasteiger partial charge in [-0.05, 0) is 41.3 Å². The summed E-state index contributed by atoms with van der Waals surface area (Å²) in [4.78, 5) is 11.2. The molecule has 0 amide bonds. The number of rotatable bonds is 8. The van der Waals surface area contributed by atoms with E-state index in [2.05, 4.69) is 48.1 Å². The third kappa shape index (κ3) is 4.64. The number of methoxy groups -OCH3 is 1. The predicted octanol–water partition coefficient (Wildman–Crippen LogP) is 6.66. The highest BCUT2D eigenvalue weighted by Gasteiger charge is 2.15. The lowest BCUT2D eigenvalue weighted by atomic mass is 9.97. The SMILES string of the molecule is CCCCc1oc2ccccc2c1-c1ccc(-c2ccc(OCC(=O)OC)cc2)cc1. The normalized spacial score (nSPS) is 10.9. The number of unbranched alkanes of at least 4 members (excludes halogenated alkanes) is 1. The van der Waals surface area contributed by atoms with Crippen molar-refractivity contribution in [3.8, 4) is 28.0 Å². The Bertz CT molecular complexity index is 1150. The summed E-state index contributed by atoms with van der Waals surface area (Å²) in [7, 11) is 1.34. The van der Waals surface area contributed by atoms with Gasteiger partial charge in [-0.1, -0.05) is 67.9 Å². The van der Waals surface area contributed by atoms with Crippen LogP contribution in [0, 0.1) is 0 Å².